The molecule has 0 bridgehead atoms. The van der Waals surface area contributed by atoms with Crippen LogP contribution in [-0.4, -0.2) is 7.11 Å². The molecule has 2 aliphatic carbocycles. The summed E-state index contributed by atoms with van der Waals surface area (Å²) in [5, 5.41) is 8.57. The van der Waals surface area contributed by atoms with Crippen LogP contribution in [-0.2, 0) is 0 Å². The minimum atomic E-state index is -0.829. The van der Waals surface area contributed by atoms with Crippen molar-refractivity contribution in [2.75, 3.05) is 7.11 Å². The predicted molar refractivity (Wildman–Crippen MR) is 141 cm³/mol. The molecule has 6 rings (SSSR count). The van der Waals surface area contributed by atoms with E-state index in [1.165, 1.54) is 43.0 Å². The first-order valence-electron chi connectivity index (χ1n) is 11.0. The van der Waals surface area contributed by atoms with E-state index >= 15 is 0 Å². The second-order valence-corrected chi connectivity index (χ2v) is 10.1. The van der Waals surface area contributed by atoms with E-state index < -0.39 is 7.92 Å². The first kappa shape index (κ1) is 19.8. The second-order valence-electron chi connectivity index (χ2n) is 7.99. The van der Waals surface area contributed by atoms with Crippen molar-refractivity contribution in [3.05, 3.63) is 131 Å². The molecule has 0 fully saturated rings. The molecule has 33 heavy (non-hydrogen) atoms. The van der Waals surface area contributed by atoms with Crippen molar-refractivity contribution in [1.29, 1.82) is 0 Å². The monoisotopic (exact) mass is 440 g/mol. The van der Waals surface area contributed by atoms with Gasteiger partial charge in [0, 0.05) is 29.7 Å². The van der Waals surface area contributed by atoms with E-state index in [2.05, 4.69) is 109 Å². The maximum atomic E-state index is 5.96. The van der Waals surface area contributed by atoms with E-state index in [9.17, 15) is 0 Å². The van der Waals surface area contributed by atoms with Gasteiger partial charge >= 0.3 is 0 Å². The van der Waals surface area contributed by atoms with Gasteiger partial charge in [-0.3, -0.25) is 0 Å². The number of ether oxygens (including phenoxy) is 1. The Kier molecular flexibility index (Phi) is 4.95. The Morgan fingerprint density at radius 1 is 0.636 bits per heavy atom. The molecule has 0 saturated carbocycles. The number of fused-ring (bicyclic) bond motifs is 2. The first-order chi connectivity index (χ1) is 16.3. The lowest BCUT2D eigenvalue weighted by molar-refractivity contribution is 0.417. The van der Waals surface area contributed by atoms with Crippen molar-refractivity contribution in [1.82, 2.24) is 0 Å². The third-order valence-corrected chi connectivity index (χ3v) is 8.53. The van der Waals surface area contributed by atoms with Gasteiger partial charge in [0.1, 0.15) is 5.75 Å². The zero-order valence-corrected chi connectivity index (χ0v) is 19.1. The van der Waals surface area contributed by atoms with Crippen molar-refractivity contribution < 1.29 is 4.74 Å². The molecule has 0 heterocycles. The molecule has 0 atom stereocenters. The van der Waals surface area contributed by atoms with E-state index in [1.54, 1.807) is 7.11 Å². The van der Waals surface area contributed by atoms with Crippen LogP contribution in [0.4, 0.5) is 0 Å². The van der Waals surface area contributed by atoms with Gasteiger partial charge in [-0.15, -0.1) is 11.5 Å². The molecule has 2 aliphatic rings. The predicted octanol–water partition coefficient (Wildman–Crippen LogP) is 7.99. The highest BCUT2D eigenvalue weighted by Crippen LogP contribution is 2.56. The summed E-state index contributed by atoms with van der Waals surface area (Å²) in [5.41, 5.74) is 9.37. The number of benzene rings is 4. The molecule has 156 valence electrons. The van der Waals surface area contributed by atoms with Gasteiger partial charge in [0.25, 0.3) is 0 Å². The van der Waals surface area contributed by atoms with E-state index in [-0.39, 0.29) is 0 Å². The Morgan fingerprint density at radius 2 is 1.21 bits per heavy atom. The summed E-state index contributed by atoms with van der Waals surface area (Å²) in [6.45, 7) is 0. The van der Waals surface area contributed by atoms with Crippen molar-refractivity contribution in [2.24, 2.45) is 0 Å². The smallest absolute Gasteiger partial charge is 0.127 e. The Morgan fingerprint density at radius 3 is 1.79 bits per heavy atom. The van der Waals surface area contributed by atoms with Crippen molar-refractivity contribution in [3.8, 4) is 16.9 Å². The van der Waals surface area contributed by atoms with Gasteiger partial charge in [-0.05, 0) is 57.2 Å². The van der Waals surface area contributed by atoms with Gasteiger partial charge in [0.15, 0.2) is 0 Å². The quantitative estimate of drug-likeness (QED) is 0.226. The van der Waals surface area contributed by atoms with Crippen LogP contribution in [0.2, 0.25) is 0 Å². The van der Waals surface area contributed by atoms with Crippen LogP contribution in [0.25, 0.3) is 32.7 Å². The normalized spacial score (nSPS) is 14.0. The van der Waals surface area contributed by atoms with E-state index in [4.69, 9.17) is 4.74 Å². The van der Waals surface area contributed by atoms with Crippen LogP contribution in [0.5, 0.6) is 5.75 Å². The van der Waals surface area contributed by atoms with Crippen molar-refractivity contribution in [3.63, 3.8) is 0 Å². The molecule has 1 nitrogen and oxygen atoms in total. The van der Waals surface area contributed by atoms with Crippen LogP contribution in [0.1, 0.15) is 0 Å². The molecule has 0 aliphatic heterocycles. The minimum absolute atomic E-state index is 0.829. The molecular weight excluding hydrogens is 419 g/mol. The molecule has 4 aromatic rings. The molecule has 0 saturated heterocycles. The summed E-state index contributed by atoms with van der Waals surface area (Å²) in [4.78, 5) is 0. The fraction of sp³-hybridized carbons (Fsp3) is 0.0323. The second kappa shape index (κ2) is 8.25. The van der Waals surface area contributed by atoms with E-state index in [1.807, 2.05) is 12.2 Å². The topological polar surface area (TPSA) is 9.23 Å². The number of methoxy groups -OCH3 is 1. The summed E-state index contributed by atoms with van der Waals surface area (Å²) >= 11 is 0. The van der Waals surface area contributed by atoms with Crippen molar-refractivity contribution >= 4 is 34.8 Å². The lowest BCUT2D eigenvalue weighted by Crippen LogP contribution is -2.09. The van der Waals surface area contributed by atoms with Crippen LogP contribution in [0.3, 0.4) is 0 Å². The number of allylic oxidation sites excluding steroid dienone is 6. The van der Waals surface area contributed by atoms with Gasteiger partial charge in [-0.2, -0.15) is 0 Å². The summed E-state index contributed by atoms with van der Waals surface area (Å²) in [6, 6.07) is 26.0. The van der Waals surface area contributed by atoms with Gasteiger partial charge in [0.2, 0.25) is 0 Å². The number of rotatable bonds is 5. The third kappa shape index (κ3) is 3.32. The van der Waals surface area contributed by atoms with Gasteiger partial charge in [0.05, 0.1) is 7.11 Å². The highest BCUT2D eigenvalue weighted by molar-refractivity contribution is 7.74. The largest absolute Gasteiger partial charge is 0.496 e. The van der Waals surface area contributed by atoms with Crippen LogP contribution >= 0.6 is 7.92 Å². The fourth-order valence-corrected chi connectivity index (χ4v) is 7.03. The Bertz CT molecular complexity index is 1580. The standard InChI is InChI=1S/C31H21OP/c1-32-28-20-18-22-10-2-8-16-26(22)30(28)31-27-17-9-3-11-23(27)19-21-29(31)33(24-12-4-5-13-24)25-14-6-7-15-25/h2-12,14,16-21H,1H3. The number of hydrogen-bond acceptors (Lipinski definition) is 1. The molecular formula is C31H21OP. The molecule has 4 aromatic carbocycles. The van der Waals surface area contributed by atoms with Crippen LogP contribution in [0, 0.1) is 0 Å². The third-order valence-electron chi connectivity index (χ3n) is 6.15. The maximum Gasteiger partial charge on any atom is 0.127 e. The molecule has 2 heteroatoms. The van der Waals surface area contributed by atoms with Gasteiger partial charge in [-0.1, -0.05) is 78.9 Å². The molecule has 0 radical (unpaired) electrons. The molecule has 0 spiro atoms. The van der Waals surface area contributed by atoms with Crippen LogP contribution < -0.4 is 10.0 Å². The Hall–Kier alpha value is -3.85. The molecule has 0 amide bonds. The maximum absolute atomic E-state index is 5.96. The zero-order valence-electron chi connectivity index (χ0n) is 18.2. The van der Waals surface area contributed by atoms with Gasteiger partial charge in [-0.25, -0.2) is 0 Å². The highest BCUT2D eigenvalue weighted by Gasteiger charge is 2.26. The molecule has 0 unspecified atom stereocenters. The van der Waals surface area contributed by atoms with Crippen LogP contribution in [0.15, 0.2) is 131 Å². The van der Waals surface area contributed by atoms with E-state index in [0.717, 1.165) is 11.3 Å². The molecule has 0 aromatic heterocycles. The van der Waals surface area contributed by atoms with Gasteiger partial charge < -0.3 is 4.74 Å². The summed E-state index contributed by atoms with van der Waals surface area (Å²) in [7, 11) is 0.932. The van der Waals surface area contributed by atoms with E-state index in [0.29, 0.717) is 0 Å². The lowest BCUT2D eigenvalue weighted by atomic mass is 9.93. The molecule has 0 N–H and O–H groups in total. The minimum Gasteiger partial charge on any atom is -0.496 e. The average Bonchev–Trinajstić information content (AvgIpc) is 3.59. The Labute approximate surface area is 194 Å². The summed E-state index contributed by atoms with van der Waals surface area (Å²) < 4.78 is 5.96. The lowest BCUT2D eigenvalue weighted by Gasteiger charge is -2.24. The zero-order chi connectivity index (χ0) is 22.2. The average molecular weight is 440 g/mol. The summed E-state index contributed by atoms with van der Waals surface area (Å²) in [6.07, 6.45) is 12.5. The fourth-order valence-electron chi connectivity index (χ4n) is 4.70. The highest BCUT2D eigenvalue weighted by atomic mass is 31.1. The first-order valence-corrected chi connectivity index (χ1v) is 12.3. The summed E-state index contributed by atoms with van der Waals surface area (Å²) in [5.74, 6) is 0.888. The SMILES string of the molecule is COc1ccc2ccccc2c1-c1c(P(C2=C=CC=C2)C2=C=CC=C2)ccc2ccccc12. The Balaban J connectivity index is 1.77. The number of hydrogen-bond donors (Lipinski definition) is 0. The van der Waals surface area contributed by atoms with Crippen molar-refractivity contribution in [2.45, 2.75) is 0 Å².